The van der Waals surface area contributed by atoms with Crippen molar-refractivity contribution in [2.45, 2.75) is 64.9 Å². The standard InChI is InChI=1S/C16H25BrN2OS/c1-5-6-11-12(17)13(21)19-14(18-11)16(20-4)9-7-15(2,3)8-10-16/h5-10H2,1-4H3,(H,18,19,21). The number of aromatic nitrogens is 2. The van der Waals surface area contributed by atoms with Crippen molar-refractivity contribution in [1.29, 1.82) is 0 Å². The second-order valence-corrected chi connectivity index (χ2v) is 7.98. The Balaban J connectivity index is 2.41. The Morgan fingerprint density at radius 1 is 1.29 bits per heavy atom. The van der Waals surface area contributed by atoms with Gasteiger partial charge in [0.1, 0.15) is 16.1 Å². The van der Waals surface area contributed by atoms with E-state index < -0.39 is 0 Å². The highest BCUT2D eigenvalue weighted by Crippen LogP contribution is 2.46. The van der Waals surface area contributed by atoms with Gasteiger partial charge in [-0.3, -0.25) is 0 Å². The van der Waals surface area contributed by atoms with Crippen LogP contribution < -0.4 is 0 Å². The van der Waals surface area contributed by atoms with E-state index in [1.807, 2.05) is 0 Å². The quantitative estimate of drug-likeness (QED) is 0.728. The molecule has 0 saturated heterocycles. The Labute approximate surface area is 141 Å². The van der Waals surface area contributed by atoms with Gasteiger partial charge in [0.05, 0.1) is 4.47 Å². The van der Waals surface area contributed by atoms with Crippen LogP contribution in [0.25, 0.3) is 0 Å². The molecule has 0 bridgehead atoms. The normalized spacial score (nSPS) is 20.4. The molecule has 118 valence electrons. The third-order valence-electron chi connectivity index (χ3n) is 4.67. The minimum Gasteiger partial charge on any atom is -0.370 e. The van der Waals surface area contributed by atoms with Crippen LogP contribution in [0.2, 0.25) is 0 Å². The molecule has 0 spiro atoms. The fourth-order valence-corrected chi connectivity index (χ4v) is 3.61. The molecule has 5 heteroatoms. The van der Waals surface area contributed by atoms with Crippen molar-refractivity contribution in [2.75, 3.05) is 7.11 Å². The average Bonchev–Trinajstić information content (AvgIpc) is 2.44. The molecule has 1 saturated carbocycles. The zero-order valence-corrected chi connectivity index (χ0v) is 15.8. The summed E-state index contributed by atoms with van der Waals surface area (Å²) in [5.74, 6) is 0.900. The van der Waals surface area contributed by atoms with E-state index in [1.54, 1.807) is 7.11 Å². The molecular formula is C16H25BrN2OS. The molecule has 1 aliphatic carbocycles. The van der Waals surface area contributed by atoms with Gasteiger partial charge in [-0.05, 0) is 53.4 Å². The molecule has 1 fully saturated rings. The summed E-state index contributed by atoms with van der Waals surface area (Å²) in [4.78, 5) is 8.11. The molecule has 1 aliphatic rings. The van der Waals surface area contributed by atoms with Crippen LogP contribution in [-0.2, 0) is 16.8 Å². The molecule has 0 aliphatic heterocycles. The number of hydrogen-bond acceptors (Lipinski definition) is 3. The first kappa shape index (κ1) is 17.1. The number of nitrogens with one attached hydrogen (secondary N) is 1. The van der Waals surface area contributed by atoms with Gasteiger partial charge in [0, 0.05) is 12.8 Å². The second kappa shape index (κ2) is 6.47. The van der Waals surface area contributed by atoms with E-state index in [2.05, 4.69) is 46.7 Å². The highest BCUT2D eigenvalue weighted by atomic mass is 79.9. The van der Waals surface area contributed by atoms with Gasteiger partial charge in [0.2, 0.25) is 0 Å². The largest absolute Gasteiger partial charge is 0.370 e. The number of halogens is 1. The van der Waals surface area contributed by atoms with E-state index in [0.29, 0.717) is 10.1 Å². The number of ether oxygens (including phenoxy) is 1. The summed E-state index contributed by atoms with van der Waals surface area (Å²) >= 11 is 8.98. The summed E-state index contributed by atoms with van der Waals surface area (Å²) in [5.41, 5.74) is 1.21. The fraction of sp³-hybridized carbons (Fsp3) is 0.750. The third-order valence-corrected chi connectivity index (χ3v) is 6.08. The number of H-pyrrole nitrogens is 1. The van der Waals surface area contributed by atoms with Crippen LogP contribution in [0.15, 0.2) is 4.47 Å². The number of aryl methyl sites for hydroxylation is 1. The predicted octanol–water partition coefficient (Wildman–Crippen LogP) is 5.30. The van der Waals surface area contributed by atoms with Gasteiger partial charge in [-0.1, -0.05) is 39.4 Å². The van der Waals surface area contributed by atoms with Crippen LogP contribution in [0, 0.1) is 10.1 Å². The van der Waals surface area contributed by atoms with Crippen LogP contribution in [0.3, 0.4) is 0 Å². The monoisotopic (exact) mass is 372 g/mol. The molecule has 0 amide bonds. The summed E-state index contributed by atoms with van der Waals surface area (Å²) in [5, 5.41) is 0. The van der Waals surface area contributed by atoms with Gasteiger partial charge in [0.15, 0.2) is 0 Å². The van der Waals surface area contributed by atoms with E-state index in [1.165, 1.54) is 0 Å². The lowest BCUT2D eigenvalue weighted by Crippen LogP contribution is -2.38. The SMILES string of the molecule is CCCc1[nH]c(C2(OC)CCC(C)(C)CC2)nc(=S)c1Br. The van der Waals surface area contributed by atoms with Crippen LogP contribution in [0.1, 0.15) is 64.4 Å². The van der Waals surface area contributed by atoms with Gasteiger partial charge >= 0.3 is 0 Å². The fourth-order valence-electron chi connectivity index (χ4n) is 3.01. The molecule has 0 radical (unpaired) electrons. The first-order valence-corrected chi connectivity index (χ1v) is 8.88. The van der Waals surface area contributed by atoms with Crippen molar-refractivity contribution < 1.29 is 4.74 Å². The summed E-state index contributed by atoms with van der Waals surface area (Å²) in [6.45, 7) is 6.82. The minimum atomic E-state index is -0.313. The average molecular weight is 373 g/mol. The zero-order valence-electron chi connectivity index (χ0n) is 13.4. The highest BCUT2D eigenvalue weighted by Gasteiger charge is 2.41. The maximum atomic E-state index is 5.93. The number of hydrogen-bond donors (Lipinski definition) is 1. The number of aromatic amines is 1. The van der Waals surface area contributed by atoms with Gasteiger partial charge in [0.25, 0.3) is 0 Å². The van der Waals surface area contributed by atoms with Crippen molar-refractivity contribution in [2.24, 2.45) is 5.41 Å². The maximum Gasteiger partial charge on any atom is 0.144 e. The summed E-state index contributed by atoms with van der Waals surface area (Å²) in [7, 11) is 1.79. The van der Waals surface area contributed by atoms with Gasteiger partial charge in [-0.25, -0.2) is 4.98 Å². The smallest absolute Gasteiger partial charge is 0.144 e. The van der Waals surface area contributed by atoms with E-state index in [9.17, 15) is 0 Å². The molecule has 1 heterocycles. The van der Waals surface area contributed by atoms with Crippen LogP contribution in [0.5, 0.6) is 0 Å². The van der Waals surface area contributed by atoms with Crippen molar-refractivity contribution in [3.63, 3.8) is 0 Å². The zero-order chi connectivity index (χ0) is 15.7. The molecule has 3 nitrogen and oxygen atoms in total. The second-order valence-electron chi connectivity index (χ2n) is 6.80. The lowest BCUT2D eigenvalue weighted by Gasteiger charge is -2.42. The molecule has 0 aromatic carbocycles. The van der Waals surface area contributed by atoms with Gasteiger partial charge < -0.3 is 9.72 Å². The Hall–Kier alpha value is -0.260. The Morgan fingerprint density at radius 3 is 2.43 bits per heavy atom. The van der Waals surface area contributed by atoms with E-state index in [4.69, 9.17) is 17.0 Å². The lowest BCUT2D eigenvalue weighted by molar-refractivity contribution is -0.0731. The van der Waals surface area contributed by atoms with Gasteiger partial charge in [-0.2, -0.15) is 0 Å². The summed E-state index contributed by atoms with van der Waals surface area (Å²) in [6, 6.07) is 0. The highest BCUT2D eigenvalue weighted by molar-refractivity contribution is 9.10. The van der Waals surface area contributed by atoms with E-state index in [-0.39, 0.29) is 5.60 Å². The Morgan fingerprint density at radius 2 is 1.90 bits per heavy atom. The first-order valence-electron chi connectivity index (χ1n) is 7.68. The Kier molecular flexibility index (Phi) is 5.27. The van der Waals surface area contributed by atoms with E-state index >= 15 is 0 Å². The minimum absolute atomic E-state index is 0.313. The molecule has 2 rings (SSSR count). The molecule has 1 N–H and O–H groups in total. The topological polar surface area (TPSA) is 37.9 Å². The van der Waals surface area contributed by atoms with Crippen LogP contribution >= 0.6 is 28.1 Å². The van der Waals surface area contributed by atoms with Crippen molar-refractivity contribution in [3.8, 4) is 0 Å². The number of nitrogens with zero attached hydrogens (tertiary/aromatic N) is 1. The van der Waals surface area contributed by atoms with E-state index in [0.717, 1.165) is 54.5 Å². The maximum absolute atomic E-state index is 5.93. The molecule has 0 unspecified atom stereocenters. The Bertz CT molecular complexity index is 558. The molecule has 1 aromatic rings. The molecule has 0 atom stereocenters. The third kappa shape index (κ3) is 3.57. The summed E-state index contributed by atoms with van der Waals surface area (Å²) in [6.07, 6.45) is 6.29. The predicted molar refractivity (Wildman–Crippen MR) is 92.1 cm³/mol. The van der Waals surface area contributed by atoms with Crippen molar-refractivity contribution in [3.05, 3.63) is 20.6 Å². The van der Waals surface area contributed by atoms with Crippen molar-refractivity contribution in [1.82, 2.24) is 9.97 Å². The van der Waals surface area contributed by atoms with Gasteiger partial charge in [-0.15, -0.1) is 0 Å². The first-order chi connectivity index (χ1) is 9.83. The van der Waals surface area contributed by atoms with Crippen LogP contribution in [-0.4, -0.2) is 17.1 Å². The summed E-state index contributed by atoms with van der Waals surface area (Å²) < 4.78 is 7.49. The molecule has 1 aromatic heterocycles. The number of rotatable bonds is 4. The lowest BCUT2D eigenvalue weighted by atomic mass is 9.70. The van der Waals surface area contributed by atoms with Crippen molar-refractivity contribution >= 4 is 28.1 Å². The molecule has 21 heavy (non-hydrogen) atoms. The number of methoxy groups -OCH3 is 1. The molecular weight excluding hydrogens is 348 g/mol. The van der Waals surface area contributed by atoms with Crippen LogP contribution in [0.4, 0.5) is 0 Å².